The standard InChI is InChI=1S/C14H20N2O/c1-9-7-10(2)12(11(3)8-9)14(5-6-14)13(17)16(4)15/h7-8H,5-6,15H2,1-4H3. The molecule has 1 amide bonds. The van der Waals surface area contributed by atoms with Gasteiger partial charge in [0.25, 0.3) is 0 Å². The number of carbonyl (C=O) groups excluding carboxylic acids is 1. The van der Waals surface area contributed by atoms with Crippen LogP contribution in [-0.4, -0.2) is 18.0 Å². The molecule has 0 saturated heterocycles. The number of carbonyl (C=O) groups is 1. The molecule has 1 saturated carbocycles. The quantitative estimate of drug-likeness (QED) is 0.481. The molecular formula is C14H20N2O. The van der Waals surface area contributed by atoms with E-state index >= 15 is 0 Å². The normalized spacial score (nSPS) is 16.8. The third-order valence-electron chi connectivity index (χ3n) is 3.64. The highest BCUT2D eigenvalue weighted by atomic mass is 16.2. The van der Waals surface area contributed by atoms with Gasteiger partial charge in [0.05, 0.1) is 5.41 Å². The Morgan fingerprint density at radius 1 is 1.24 bits per heavy atom. The minimum absolute atomic E-state index is 0.0348. The Kier molecular flexibility index (Phi) is 2.74. The summed E-state index contributed by atoms with van der Waals surface area (Å²) in [6.07, 6.45) is 1.83. The maximum atomic E-state index is 12.2. The van der Waals surface area contributed by atoms with Gasteiger partial charge in [-0.25, -0.2) is 5.84 Å². The number of rotatable bonds is 2. The largest absolute Gasteiger partial charge is 0.283 e. The van der Waals surface area contributed by atoms with Crippen molar-refractivity contribution in [2.24, 2.45) is 5.84 Å². The van der Waals surface area contributed by atoms with Crippen LogP contribution < -0.4 is 5.84 Å². The molecule has 1 fully saturated rings. The molecule has 2 N–H and O–H groups in total. The lowest BCUT2D eigenvalue weighted by molar-refractivity contribution is -0.132. The van der Waals surface area contributed by atoms with Gasteiger partial charge in [0.15, 0.2) is 0 Å². The first kappa shape index (κ1) is 12.1. The van der Waals surface area contributed by atoms with Crippen molar-refractivity contribution < 1.29 is 4.79 Å². The topological polar surface area (TPSA) is 46.3 Å². The van der Waals surface area contributed by atoms with Gasteiger partial charge in [0.2, 0.25) is 5.91 Å². The van der Waals surface area contributed by atoms with E-state index < -0.39 is 0 Å². The number of hydrazine groups is 1. The van der Waals surface area contributed by atoms with E-state index in [4.69, 9.17) is 5.84 Å². The second-order valence-electron chi connectivity index (χ2n) is 5.27. The van der Waals surface area contributed by atoms with Crippen molar-refractivity contribution in [3.8, 4) is 0 Å². The molecule has 0 aliphatic heterocycles. The maximum Gasteiger partial charge on any atom is 0.246 e. The summed E-state index contributed by atoms with van der Waals surface area (Å²) in [5, 5.41) is 1.23. The number of nitrogens with two attached hydrogens (primary N) is 1. The Hall–Kier alpha value is -1.35. The first-order valence-corrected chi connectivity index (χ1v) is 5.99. The second-order valence-corrected chi connectivity index (χ2v) is 5.27. The molecule has 3 nitrogen and oxygen atoms in total. The molecule has 0 radical (unpaired) electrons. The van der Waals surface area contributed by atoms with Crippen LogP contribution in [0.15, 0.2) is 12.1 Å². The van der Waals surface area contributed by atoms with Crippen molar-refractivity contribution in [1.29, 1.82) is 0 Å². The number of hydrogen-bond donors (Lipinski definition) is 1. The maximum absolute atomic E-state index is 12.2. The molecule has 0 unspecified atom stereocenters. The van der Waals surface area contributed by atoms with Crippen molar-refractivity contribution in [3.05, 3.63) is 34.4 Å². The molecule has 1 aliphatic rings. The number of likely N-dealkylation sites (N-methyl/N-ethyl adjacent to an activating group) is 1. The predicted molar refractivity (Wildman–Crippen MR) is 68.5 cm³/mol. The summed E-state index contributed by atoms with van der Waals surface area (Å²) in [5.41, 5.74) is 4.50. The van der Waals surface area contributed by atoms with Gasteiger partial charge in [0.1, 0.15) is 0 Å². The van der Waals surface area contributed by atoms with Crippen molar-refractivity contribution in [1.82, 2.24) is 5.01 Å². The highest BCUT2D eigenvalue weighted by Crippen LogP contribution is 2.51. The molecule has 1 aliphatic carbocycles. The molecule has 17 heavy (non-hydrogen) atoms. The highest BCUT2D eigenvalue weighted by molar-refractivity contribution is 5.91. The first-order chi connectivity index (χ1) is 7.88. The lowest BCUT2D eigenvalue weighted by Crippen LogP contribution is -2.41. The monoisotopic (exact) mass is 232 g/mol. The molecule has 1 aromatic carbocycles. The van der Waals surface area contributed by atoms with Crippen LogP contribution in [0.3, 0.4) is 0 Å². The van der Waals surface area contributed by atoms with Crippen molar-refractivity contribution in [2.75, 3.05) is 7.05 Å². The van der Waals surface area contributed by atoms with E-state index in [2.05, 4.69) is 32.9 Å². The summed E-state index contributed by atoms with van der Waals surface area (Å²) in [6.45, 7) is 6.25. The molecule has 0 heterocycles. The Morgan fingerprint density at radius 3 is 2.06 bits per heavy atom. The summed E-state index contributed by atoms with van der Waals surface area (Å²) in [6, 6.07) is 4.29. The van der Waals surface area contributed by atoms with Crippen LogP contribution in [0.2, 0.25) is 0 Å². The van der Waals surface area contributed by atoms with Crippen molar-refractivity contribution >= 4 is 5.91 Å². The van der Waals surface area contributed by atoms with Crippen LogP contribution in [0.5, 0.6) is 0 Å². The lowest BCUT2D eigenvalue weighted by atomic mass is 9.86. The summed E-state index contributed by atoms with van der Waals surface area (Å²) in [7, 11) is 1.63. The third kappa shape index (κ3) is 1.84. The van der Waals surface area contributed by atoms with Crippen LogP contribution >= 0.6 is 0 Å². The lowest BCUT2D eigenvalue weighted by Gasteiger charge is -2.23. The molecule has 2 rings (SSSR count). The molecule has 0 spiro atoms. The second kappa shape index (κ2) is 3.84. The van der Waals surface area contributed by atoms with Gasteiger partial charge in [0, 0.05) is 7.05 Å². The number of hydrogen-bond acceptors (Lipinski definition) is 2. The van der Waals surface area contributed by atoms with E-state index in [1.165, 1.54) is 27.3 Å². The average molecular weight is 232 g/mol. The van der Waals surface area contributed by atoms with E-state index in [-0.39, 0.29) is 11.3 Å². The fourth-order valence-electron chi connectivity index (χ4n) is 2.97. The van der Waals surface area contributed by atoms with Gasteiger partial charge in [-0.05, 0) is 50.3 Å². The molecule has 0 atom stereocenters. The summed E-state index contributed by atoms with van der Waals surface area (Å²) in [5.74, 6) is 5.65. The zero-order valence-corrected chi connectivity index (χ0v) is 11.0. The zero-order valence-electron chi connectivity index (χ0n) is 11.0. The SMILES string of the molecule is Cc1cc(C)c(C2(C(=O)N(C)N)CC2)c(C)c1. The van der Waals surface area contributed by atoms with Gasteiger partial charge < -0.3 is 0 Å². The summed E-state index contributed by atoms with van der Waals surface area (Å²) < 4.78 is 0. The van der Waals surface area contributed by atoms with E-state index in [1.54, 1.807) is 7.05 Å². The van der Waals surface area contributed by atoms with Crippen molar-refractivity contribution in [3.63, 3.8) is 0 Å². The van der Waals surface area contributed by atoms with Gasteiger partial charge in [-0.2, -0.15) is 0 Å². The van der Waals surface area contributed by atoms with Crippen LogP contribution in [-0.2, 0) is 10.2 Å². The van der Waals surface area contributed by atoms with E-state index in [1.807, 2.05) is 0 Å². The van der Waals surface area contributed by atoms with Gasteiger partial charge in [-0.15, -0.1) is 0 Å². The highest BCUT2D eigenvalue weighted by Gasteiger charge is 2.53. The van der Waals surface area contributed by atoms with Gasteiger partial charge >= 0.3 is 0 Å². The summed E-state index contributed by atoms with van der Waals surface area (Å²) in [4.78, 5) is 12.2. The predicted octanol–water partition coefficient (Wildman–Crippen LogP) is 1.98. The van der Waals surface area contributed by atoms with Crippen LogP contribution in [0, 0.1) is 20.8 Å². The van der Waals surface area contributed by atoms with Crippen LogP contribution in [0.25, 0.3) is 0 Å². The minimum Gasteiger partial charge on any atom is -0.283 e. The fraction of sp³-hybridized carbons (Fsp3) is 0.500. The molecule has 0 aromatic heterocycles. The smallest absolute Gasteiger partial charge is 0.246 e. The number of benzene rings is 1. The fourth-order valence-corrected chi connectivity index (χ4v) is 2.97. The van der Waals surface area contributed by atoms with E-state index in [0.29, 0.717) is 0 Å². The Bertz CT molecular complexity index is 450. The molecule has 3 heteroatoms. The van der Waals surface area contributed by atoms with Gasteiger partial charge in [-0.1, -0.05) is 17.7 Å². The number of nitrogens with zero attached hydrogens (tertiary/aromatic N) is 1. The Labute approximate surface area is 103 Å². The Balaban J connectivity index is 2.52. The number of amides is 1. The van der Waals surface area contributed by atoms with Gasteiger partial charge in [-0.3, -0.25) is 9.80 Å². The minimum atomic E-state index is -0.342. The Morgan fingerprint density at radius 2 is 1.71 bits per heavy atom. The molecular weight excluding hydrogens is 212 g/mol. The first-order valence-electron chi connectivity index (χ1n) is 5.99. The molecule has 0 bridgehead atoms. The van der Waals surface area contributed by atoms with Crippen molar-refractivity contribution in [2.45, 2.75) is 39.0 Å². The molecule has 1 aromatic rings. The van der Waals surface area contributed by atoms with E-state index in [0.717, 1.165) is 12.8 Å². The summed E-state index contributed by atoms with van der Waals surface area (Å²) >= 11 is 0. The average Bonchev–Trinajstić information content (AvgIpc) is 2.96. The third-order valence-corrected chi connectivity index (χ3v) is 3.64. The zero-order chi connectivity index (χ0) is 12.8. The number of aryl methyl sites for hydroxylation is 3. The van der Waals surface area contributed by atoms with E-state index in [9.17, 15) is 4.79 Å². The molecule has 92 valence electrons. The van der Waals surface area contributed by atoms with Crippen LogP contribution in [0.1, 0.15) is 35.1 Å². The van der Waals surface area contributed by atoms with Crippen LogP contribution in [0.4, 0.5) is 0 Å².